The minimum Gasteiger partial charge on any atom is -0.463 e. The van der Waals surface area contributed by atoms with Crippen molar-refractivity contribution in [2.75, 3.05) is 20.3 Å². The first kappa shape index (κ1) is 20.8. The van der Waals surface area contributed by atoms with Gasteiger partial charge in [0.1, 0.15) is 13.3 Å². The lowest BCUT2D eigenvalue weighted by Gasteiger charge is -2.14. The third kappa shape index (κ3) is 3.74. The van der Waals surface area contributed by atoms with Crippen LogP contribution >= 0.6 is 0 Å². The summed E-state index contributed by atoms with van der Waals surface area (Å²) in [6.45, 7) is 1.68. The number of rotatable bonds is 7. The second-order valence-corrected chi connectivity index (χ2v) is 7.60. The molecule has 8 heteroatoms. The number of esters is 2. The Bertz CT molecular complexity index is 1470. The molecule has 0 saturated heterocycles. The topological polar surface area (TPSA) is 92.5 Å². The maximum atomic E-state index is 12.1. The van der Waals surface area contributed by atoms with Crippen molar-refractivity contribution in [3.05, 3.63) is 60.4 Å². The van der Waals surface area contributed by atoms with E-state index in [-0.39, 0.29) is 31.7 Å². The van der Waals surface area contributed by atoms with Crippen LogP contribution in [0.15, 0.2) is 54.6 Å². The Morgan fingerprint density at radius 1 is 0.909 bits per heavy atom. The average Bonchev–Trinajstić information content (AvgIpc) is 3.25. The Hall–Kier alpha value is -4.04. The van der Waals surface area contributed by atoms with Crippen molar-refractivity contribution in [3.63, 3.8) is 0 Å². The lowest BCUT2D eigenvalue weighted by Crippen LogP contribution is -2.12. The number of hydrogen-bond acceptors (Lipinski definition) is 7. The molecule has 4 aromatic carbocycles. The fraction of sp³-hybridized carbons (Fsp3) is 0.200. The maximum Gasteiger partial charge on any atom is 0.377 e. The molecule has 0 aliphatic rings. The van der Waals surface area contributed by atoms with Crippen molar-refractivity contribution in [1.82, 2.24) is 14.8 Å². The molecule has 5 aromatic rings. The highest BCUT2D eigenvalue weighted by atomic mass is 16.6. The monoisotopic (exact) mass is 443 g/mol. The highest BCUT2D eigenvalue weighted by Gasteiger charge is 2.21. The van der Waals surface area contributed by atoms with E-state index in [1.165, 1.54) is 24.1 Å². The molecule has 0 radical (unpaired) electrons. The standard InChI is InChI=1S/C25H21N3O5/c1-15(29)33-13-12-32-14-28-24(26-23(27-28)25(30)31-2)20-11-9-18-7-6-16-4-3-5-17-8-10-19(20)22(18)21(16)17/h3-11H,12-14H2,1-2H3. The molecule has 8 nitrogen and oxygen atoms in total. The first-order chi connectivity index (χ1) is 16.1. The average molecular weight is 443 g/mol. The fourth-order valence-electron chi connectivity index (χ4n) is 4.13. The number of carbonyl (C=O) groups is 2. The Kier molecular flexibility index (Phi) is 5.35. The predicted molar refractivity (Wildman–Crippen MR) is 123 cm³/mol. The van der Waals surface area contributed by atoms with Crippen LogP contribution in [0, 0.1) is 0 Å². The highest BCUT2D eigenvalue weighted by Crippen LogP contribution is 2.38. The van der Waals surface area contributed by atoms with Crippen molar-refractivity contribution in [1.29, 1.82) is 0 Å². The number of aromatic nitrogens is 3. The molecule has 0 saturated carbocycles. The molecule has 0 aliphatic carbocycles. The van der Waals surface area contributed by atoms with Crippen molar-refractivity contribution < 1.29 is 23.8 Å². The van der Waals surface area contributed by atoms with Gasteiger partial charge < -0.3 is 14.2 Å². The zero-order valence-electron chi connectivity index (χ0n) is 18.2. The first-order valence-electron chi connectivity index (χ1n) is 10.5. The number of carbonyl (C=O) groups excluding carboxylic acids is 2. The third-order valence-corrected chi connectivity index (χ3v) is 5.56. The Morgan fingerprint density at radius 3 is 2.33 bits per heavy atom. The van der Waals surface area contributed by atoms with Crippen LogP contribution in [-0.2, 0) is 25.7 Å². The first-order valence-corrected chi connectivity index (χ1v) is 10.5. The van der Waals surface area contributed by atoms with Gasteiger partial charge in [-0.2, -0.15) is 0 Å². The molecule has 1 heterocycles. The van der Waals surface area contributed by atoms with Crippen LogP contribution in [0.3, 0.4) is 0 Å². The number of ether oxygens (including phenoxy) is 3. The zero-order chi connectivity index (χ0) is 22.9. The summed E-state index contributed by atoms with van der Waals surface area (Å²) >= 11 is 0. The molecule has 1 aromatic heterocycles. The molecule has 0 aliphatic heterocycles. The van der Waals surface area contributed by atoms with Crippen LogP contribution in [0.1, 0.15) is 17.5 Å². The lowest BCUT2D eigenvalue weighted by molar-refractivity contribution is -0.142. The number of benzene rings is 4. The highest BCUT2D eigenvalue weighted by molar-refractivity contribution is 6.25. The van der Waals surface area contributed by atoms with E-state index >= 15 is 0 Å². The van der Waals surface area contributed by atoms with Gasteiger partial charge in [0.05, 0.1) is 13.7 Å². The van der Waals surface area contributed by atoms with Crippen LogP contribution in [0.4, 0.5) is 0 Å². The van der Waals surface area contributed by atoms with Crippen molar-refractivity contribution in [2.45, 2.75) is 13.7 Å². The van der Waals surface area contributed by atoms with E-state index in [4.69, 9.17) is 14.2 Å². The second kappa shape index (κ2) is 8.48. The molecule has 0 unspecified atom stereocenters. The predicted octanol–water partition coefficient (Wildman–Crippen LogP) is 4.17. The summed E-state index contributed by atoms with van der Waals surface area (Å²) in [6, 6.07) is 18.7. The van der Waals surface area contributed by atoms with E-state index in [2.05, 4.69) is 52.5 Å². The van der Waals surface area contributed by atoms with Crippen LogP contribution < -0.4 is 0 Å². The quantitative estimate of drug-likeness (QED) is 0.212. The molecule has 0 fully saturated rings. The lowest BCUT2D eigenvalue weighted by atomic mass is 9.92. The van der Waals surface area contributed by atoms with E-state index in [1.54, 1.807) is 0 Å². The third-order valence-electron chi connectivity index (χ3n) is 5.56. The number of hydrogen-bond donors (Lipinski definition) is 0. The molecule has 0 bridgehead atoms. The van der Waals surface area contributed by atoms with Crippen LogP contribution in [-0.4, -0.2) is 47.0 Å². The number of methoxy groups -OCH3 is 1. The summed E-state index contributed by atoms with van der Waals surface area (Å²) < 4.78 is 16.8. The molecule has 0 N–H and O–H groups in total. The van der Waals surface area contributed by atoms with Gasteiger partial charge in [0.15, 0.2) is 5.82 Å². The van der Waals surface area contributed by atoms with Crippen molar-refractivity contribution >= 4 is 44.3 Å². The van der Waals surface area contributed by atoms with Gasteiger partial charge >= 0.3 is 11.9 Å². The molecular weight excluding hydrogens is 422 g/mol. The summed E-state index contributed by atoms with van der Waals surface area (Å²) in [5.41, 5.74) is 0.826. The Labute approximate surface area is 189 Å². The van der Waals surface area contributed by atoms with E-state index < -0.39 is 5.97 Å². The van der Waals surface area contributed by atoms with Crippen molar-refractivity contribution in [3.8, 4) is 11.4 Å². The smallest absolute Gasteiger partial charge is 0.377 e. The van der Waals surface area contributed by atoms with Crippen LogP contribution in [0.25, 0.3) is 43.7 Å². The van der Waals surface area contributed by atoms with Gasteiger partial charge in [-0.05, 0) is 38.4 Å². The molecule has 166 valence electrons. The fourth-order valence-corrected chi connectivity index (χ4v) is 4.13. The maximum absolute atomic E-state index is 12.1. The summed E-state index contributed by atoms with van der Waals surface area (Å²) in [6.07, 6.45) is 0. The van der Waals surface area contributed by atoms with E-state index in [0.717, 1.165) is 32.5 Å². The van der Waals surface area contributed by atoms with Gasteiger partial charge in [0, 0.05) is 12.5 Å². The van der Waals surface area contributed by atoms with Crippen LogP contribution in [0.2, 0.25) is 0 Å². The molecule has 0 atom stereocenters. The van der Waals surface area contributed by atoms with Crippen LogP contribution in [0.5, 0.6) is 0 Å². The van der Waals surface area contributed by atoms with E-state index in [1.807, 2.05) is 12.1 Å². The minimum absolute atomic E-state index is 0.0303. The summed E-state index contributed by atoms with van der Waals surface area (Å²) in [4.78, 5) is 27.6. The van der Waals surface area contributed by atoms with Crippen molar-refractivity contribution in [2.24, 2.45) is 0 Å². The SMILES string of the molecule is COC(=O)c1nc(-c2ccc3ccc4cccc5ccc2c3c45)n(COCCOC(C)=O)n1. The molecule has 0 spiro atoms. The van der Waals surface area contributed by atoms with E-state index in [9.17, 15) is 9.59 Å². The zero-order valence-corrected chi connectivity index (χ0v) is 18.2. The van der Waals surface area contributed by atoms with Gasteiger partial charge in [0.25, 0.3) is 5.82 Å². The number of nitrogens with zero attached hydrogens (tertiary/aromatic N) is 3. The second-order valence-electron chi connectivity index (χ2n) is 7.60. The summed E-state index contributed by atoms with van der Waals surface area (Å²) in [5, 5.41) is 11.1. The molecule has 5 rings (SSSR count). The van der Waals surface area contributed by atoms with Gasteiger partial charge in [-0.3, -0.25) is 4.79 Å². The molecular formula is C25H21N3O5. The minimum atomic E-state index is -0.632. The van der Waals surface area contributed by atoms with E-state index in [0.29, 0.717) is 5.82 Å². The van der Waals surface area contributed by atoms with Gasteiger partial charge in [-0.15, -0.1) is 5.10 Å². The normalized spacial score (nSPS) is 11.5. The van der Waals surface area contributed by atoms with Gasteiger partial charge in [-0.1, -0.05) is 48.5 Å². The Morgan fingerprint density at radius 2 is 1.61 bits per heavy atom. The largest absolute Gasteiger partial charge is 0.463 e. The van der Waals surface area contributed by atoms with Gasteiger partial charge in [0.2, 0.25) is 0 Å². The summed E-state index contributed by atoms with van der Waals surface area (Å²) in [7, 11) is 1.29. The summed E-state index contributed by atoms with van der Waals surface area (Å²) in [5.74, 6) is -0.572. The van der Waals surface area contributed by atoms with Gasteiger partial charge in [-0.25, -0.2) is 14.5 Å². The molecule has 33 heavy (non-hydrogen) atoms. The Balaban J connectivity index is 1.61. The molecule has 0 amide bonds.